The second-order valence-corrected chi connectivity index (χ2v) is 5.25. The fourth-order valence-corrected chi connectivity index (χ4v) is 2.22. The predicted octanol–water partition coefficient (Wildman–Crippen LogP) is 2.42. The van der Waals surface area contributed by atoms with E-state index in [1.807, 2.05) is 79.7 Å². The number of hydrogen-bond donors (Lipinski definition) is 1. The predicted molar refractivity (Wildman–Crippen MR) is 88.9 cm³/mol. The molecule has 23 heavy (non-hydrogen) atoms. The average Bonchev–Trinajstić information content (AvgIpc) is 2.56. The Morgan fingerprint density at radius 2 is 1.61 bits per heavy atom. The summed E-state index contributed by atoms with van der Waals surface area (Å²) in [6, 6.07) is 18.7. The van der Waals surface area contributed by atoms with E-state index in [4.69, 9.17) is 9.57 Å². The maximum Gasteiger partial charge on any atom is 0.265 e. The molecule has 2 rings (SSSR count). The minimum Gasteiger partial charge on any atom is -0.491 e. The first-order chi connectivity index (χ1) is 11.2. The maximum atomic E-state index is 12.3. The van der Waals surface area contributed by atoms with Crippen molar-refractivity contribution in [2.75, 3.05) is 27.3 Å². The van der Waals surface area contributed by atoms with Crippen LogP contribution in [0.15, 0.2) is 60.7 Å². The van der Waals surface area contributed by atoms with Gasteiger partial charge in [0, 0.05) is 0 Å². The van der Waals surface area contributed by atoms with Crippen molar-refractivity contribution in [3.05, 3.63) is 66.2 Å². The summed E-state index contributed by atoms with van der Waals surface area (Å²) in [5, 5.41) is 0. The third kappa shape index (κ3) is 5.39. The number of ether oxygens (including phenoxy) is 1. The average molecular weight is 314 g/mol. The van der Waals surface area contributed by atoms with Gasteiger partial charge < -0.3 is 4.74 Å². The van der Waals surface area contributed by atoms with Gasteiger partial charge in [-0.3, -0.25) is 14.5 Å². The maximum absolute atomic E-state index is 12.3. The molecule has 1 N–H and O–H groups in total. The highest BCUT2D eigenvalue weighted by atomic mass is 16.7. The molecule has 1 amide bonds. The molecule has 0 aliphatic rings. The lowest BCUT2D eigenvalue weighted by atomic mass is 10.1. The van der Waals surface area contributed by atoms with Crippen molar-refractivity contribution in [2.45, 2.75) is 6.04 Å². The number of likely N-dealkylation sites (N-methyl/N-ethyl adjacent to an activating group) is 1. The van der Waals surface area contributed by atoms with Crippen LogP contribution in [-0.4, -0.2) is 38.1 Å². The van der Waals surface area contributed by atoms with Crippen molar-refractivity contribution in [3.63, 3.8) is 0 Å². The number of rotatable bonds is 8. The summed E-state index contributed by atoms with van der Waals surface area (Å²) in [5.74, 6) is 0.568. The summed E-state index contributed by atoms with van der Waals surface area (Å²) in [5.41, 5.74) is 3.40. The van der Waals surface area contributed by atoms with Crippen molar-refractivity contribution >= 4 is 5.91 Å². The second kappa shape index (κ2) is 8.92. The summed E-state index contributed by atoms with van der Waals surface area (Å²) in [6.07, 6.45) is 0. The molecule has 0 radical (unpaired) electrons. The quantitative estimate of drug-likeness (QED) is 0.600. The molecule has 1 unspecified atom stereocenters. The van der Waals surface area contributed by atoms with Gasteiger partial charge in [-0.2, -0.15) is 0 Å². The molecule has 2 aromatic carbocycles. The molecule has 0 saturated heterocycles. The van der Waals surface area contributed by atoms with Crippen LogP contribution in [0.3, 0.4) is 0 Å². The first-order valence-corrected chi connectivity index (χ1v) is 7.49. The Kier molecular flexibility index (Phi) is 6.59. The van der Waals surface area contributed by atoms with Gasteiger partial charge in [0.15, 0.2) is 0 Å². The van der Waals surface area contributed by atoms with E-state index < -0.39 is 6.04 Å². The van der Waals surface area contributed by atoms with E-state index in [0.29, 0.717) is 6.61 Å². The Hall–Kier alpha value is -2.37. The smallest absolute Gasteiger partial charge is 0.265 e. The summed E-state index contributed by atoms with van der Waals surface area (Å²) in [4.78, 5) is 19.4. The Morgan fingerprint density at radius 3 is 2.22 bits per heavy atom. The van der Waals surface area contributed by atoms with Crippen LogP contribution in [0.25, 0.3) is 0 Å². The molecule has 1 atom stereocenters. The molecular formula is C18H22N2O3. The second-order valence-electron chi connectivity index (χ2n) is 5.25. The molecule has 0 saturated carbocycles. The highest BCUT2D eigenvalue weighted by Gasteiger charge is 2.22. The van der Waals surface area contributed by atoms with Gasteiger partial charge in [-0.25, -0.2) is 5.48 Å². The summed E-state index contributed by atoms with van der Waals surface area (Å²) in [7, 11) is 3.71. The van der Waals surface area contributed by atoms with Crippen LogP contribution in [0, 0.1) is 0 Å². The highest BCUT2D eigenvalue weighted by Crippen LogP contribution is 2.17. The molecule has 0 aliphatic heterocycles. The molecular weight excluding hydrogens is 292 g/mol. The minimum absolute atomic E-state index is 0.207. The van der Waals surface area contributed by atoms with Gasteiger partial charge >= 0.3 is 0 Å². The van der Waals surface area contributed by atoms with E-state index in [1.165, 1.54) is 0 Å². The standard InChI is InChI=1S/C18H22N2O3/c1-20(2)17(15-9-5-3-6-10-15)18(21)19-23-14-13-22-16-11-7-4-8-12-16/h3-12,17H,13-14H2,1-2H3,(H,19,21). The zero-order chi connectivity index (χ0) is 16.5. The van der Waals surface area contributed by atoms with Crippen LogP contribution < -0.4 is 10.2 Å². The van der Waals surface area contributed by atoms with E-state index in [9.17, 15) is 4.79 Å². The van der Waals surface area contributed by atoms with E-state index in [1.54, 1.807) is 0 Å². The van der Waals surface area contributed by atoms with Gasteiger partial charge in [0.05, 0.1) is 0 Å². The molecule has 0 spiro atoms. The van der Waals surface area contributed by atoms with Crippen molar-refractivity contribution in [3.8, 4) is 5.75 Å². The molecule has 0 aliphatic carbocycles. The van der Waals surface area contributed by atoms with Crippen molar-refractivity contribution in [1.29, 1.82) is 0 Å². The molecule has 2 aromatic rings. The number of carbonyl (C=O) groups is 1. The lowest BCUT2D eigenvalue weighted by molar-refractivity contribution is -0.139. The highest BCUT2D eigenvalue weighted by molar-refractivity contribution is 5.82. The number of hydroxylamine groups is 1. The molecule has 5 nitrogen and oxygen atoms in total. The van der Waals surface area contributed by atoms with Gasteiger partial charge in [-0.15, -0.1) is 0 Å². The Balaban J connectivity index is 1.76. The summed E-state index contributed by atoms with van der Waals surface area (Å²) < 4.78 is 5.49. The molecule has 122 valence electrons. The number of nitrogens with one attached hydrogen (secondary N) is 1. The molecule has 0 fully saturated rings. The van der Waals surface area contributed by atoms with Crippen LogP contribution in [0.1, 0.15) is 11.6 Å². The van der Waals surface area contributed by atoms with Crippen molar-refractivity contribution < 1.29 is 14.4 Å². The van der Waals surface area contributed by atoms with Crippen LogP contribution in [0.4, 0.5) is 0 Å². The van der Waals surface area contributed by atoms with Gasteiger partial charge in [-0.1, -0.05) is 48.5 Å². The Morgan fingerprint density at radius 1 is 1.00 bits per heavy atom. The van der Waals surface area contributed by atoms with Crippen LogP contribution in [0.5, 0.6) is 5.75 Å². The fourth-order valence-electron chi connectivity index (χ4n) is 2.22. The number of benzene rings is 2. The van der Waals surface area contributed by atoms with E-state index in [0.717, 1.165) is 11.3 Å². The zero-order valence-corrected chi connectivity index (χ0v) is 13.4. The third-order valence-corrected chi connectivity index (χ3v) is 3.25. The molecule has 5 heteroatoms. The lowest BCUT2D eigenvalue weighted by Crippen LogP contribution is -2.37. The number of nitrogens with zero attached hydrogens (tertiary/aromatic N) is 1. The first-order valence-electron chi connectivity index (χ1n) is 7.49. The van der Waals surface area contributed by atoms with Crippen LogP contribution >= 0.6 is 0 Å². The SMILES string of the molecule is CN(C)C(C(=O)NOCCOc1ccccc1)c1ccccc1. The summed E-state index contributed by atoms with van der Waals surface area (Å²) in [6.45, 7) is 0.637. The van der Waals surface area contributed by atoms with E-state index in [2.05, 4.69) is 5.48 Å². The van der Waals surface area contributed by atoms with Crippen molar-refractivity contribution in [1.82, 2.24) is 10.4 Å². The van der Waals surface area contributed by atoms with E-state index >= 15 is 0 Å². The van der Waals surface area contributed by atoms with Crippen molar-refractivity contribution in [2.24, 2.45) is 0 Å². The monoisotopic (exact) mass is 314 g/mol. The topological polar surface area (TPSA) is 50.8 Å². The van der Waals surface area contributed by atoms with E-state index in [-0.39, 0.29) is 12.5 Å². The first kappa shape index (κ1) is 17.0. The molecule has 0 bridgehead atoms. The zero-order valence-electron chi connectivity index (χ0n) is 13.4. The number of carbonyl (C=O) groups excluding carboxylic acids is 1. The minimum atomic E-state index is -0.397. The summed E-state index contributed by atoms with van der Waals surface area (Å²) >= 11 is 0. The molecule has 0 heterocycles. The van der Waals surface area contributed by atoms with Crippen LogP contribution in [-0.2, 0) is 9.63 Å². The molecule has 0 aromatic heterocycles. The normalized spacial score (nSPS) is 12.0. The number of amides is 1. The number of hydrogen-bond acceptors (Lipinski definition) is 4. The fraction of sp³-hybridized carbons (Fsp3) is 0.278. The third-order valence-electron chi connectivity index (χ3n) is 3.25. The Labute approximate surface area is 136 Å². The Bertz CT molecular complexity index is 588. The largest absolute Gasteiger partial charge is 0.491 e. The van der Waals surface area contributed by atoms with Gasteiger partial charge in [0.1, 0.15) is 25.0 Å². The van der Waals surface area contributed by atoms with Gasteiger partial charge in [-0.05, 0) is 31.8 Å². The van der Waals surface area contributed by atoms with Crippen LogP contribution in [0.2, 0.25) is 0 Å². The number of para-hydroxylation sites is 1. The lowest BCUT2D eigenvalue weighted by Gasteiger charge is -2.23. The van der Waals surface area contributed by atoms with Gasteiger partial charge in [0.25, 0.3) is 5.91 Å². The van der Waals surface area contributed by atoms with Gasteiger partial charge in [0.2, 0.25) is 0 Å².